The maximum Gasteiger partial charge on any atom is 0.0577 e. The highest BCUT2D eigenvalue weighted by atomic mass is 16.3. The third kappa shape index (κ3) is 5.15. The van der Waals surface area contributed by atoms with E-state index >= 15 is 0 Å². The van der Waals surface area contributed by atoms with E-state index in [0.717, 1.165) is 48.3 Å². The van der Waals surface area contributed by atoms with Crippen LogP contribution in [-0.4, -0.2) is 24.3 Å². The average molecular weight is 447 g/mol. The maximum atomic E-state index is 10.2. The Balaban J connectivity index is 0.000000668. The molecule has 0 saturated heterocycles. The van der Waals surface area contributed by atoms with Crippen LogP contribution in [0.15, 0.2) is 11.6 Å². The zero-order chi connectivity index (χ0) is 23.5. The number of rotatable bonds is 6. The fraction of sp³-hybridized carbons (Fsp3) is 0.931. The van der Waals surface area contributed by atoms with E-state index in [4.69, 9.17) is 11.5 Å². The number of aliphatic hydroxyl groups is 1. The smallest absolute Gasteiger partial charge is 0.0577 e. The Labute approximate surface area is 199 Å². The molecule has 0 heterocycles. The van der Waals surface area contributed by atoms with Gasteiger partial charge in [-0.15, -0.1) is 0 Å². The van der Waals surface area contributed by atoms with Crippen molar-refractivity contribution in [2.24, 2.45) is 57.8 Å². The highest BCUT2D eigenvalue weighted by Crippen LogP contribution is 2.67. The molecule has 5 N–H and O–H groups in total. The van der Waals surface area contributed by atoms with Gasteiger partial charge in [0.1, 0.15) is 0 Å². The van der Waals surface area contributed by atoms with E-state index in [1.54, 1.807) is 5.57 Å². The zero-order valence-corrected chi connectivity index (χ0v) is 21.9. The molecule has 4 aliphatic carbocycles. The van der Waals surface area contributed by atoms with Crippen molar-refractivity contribution in [2.45, 2.75) is 111 Å². The number of aliphatic hydroxyl groups excluding tert-OH is 1. The van der Waals surface area contributed by atoms with Crippen LogP contribution in [0.3, 0.4) is 0 Å². The highest BCUT2D eigenvalue weighted by Gasteiger charge is 2.59. The molecule has 4 rings (SSSR count). The average Bonchev–Trinajstić information content (AvgIpc) is 3.11. The lowest BCUT2D eigenvalue weighted by Gasteiger charge is -2.58. The van der Waals surface area contributed by atoms with Gasteiger partial charge < -0.3 is 16.6 Å². The first-order valence-electron chi connectivity index (χ1n) is 13.9. The van der Waals surface area contributed by atoms with Gasteiger partial charge in [-0.05, 0) is 97.7 Å². The molecule has 186 valence electrons. The topological polar surface area (TPSA) is 72.3 Å². The van der Waals surface area contributed by atoms with E-state index in [1.807, 2.05) is 0 Å². The quantitative estimate of drug-likeness (QED) is 0.420. The van der Waals surface area contributed by atoms with Crippen molar-refractivity contribution in [3.05, 3.63) is 11.6 Å². The Bertz CT molecular complexity index is 629. The van der Waals surface area contributed by atoms with Crippen LogP contribution in [0.2, 0.25) is 0 Å². The van der Waals surface area contributed by atoms with Crippen molar-refractivity contribution >= 4 is 0 Å². The fourth-order valence-electron chi connectivity index (χ4n) is 8.67. The number of allylic oxidation sites excluding steroid dienone is 1. The molecular formula is C29H54N2O. The Hall–Kier alpha value is -0.380. The van der Waals surface area contributed by atoms with Gasteiger partial charge in [-0.3, -0.25) is 0 Å². The van der Waals surface area contributed by atoms with Gasteiger partial charge in [0.2, 0.25) is 0 Å². The second-order valence-corrected chi connectivity index (χ2v) is 12.8. The Morgan fingerprint density at radius 1 is 0.969 bits per heavy atom. The molecule has 0 bridgehead atoms. The lowest BCUT2D eigenvalue weighted by atomic mass is 9.47. The molecular weight excluding hydrogens is 392 g/mol. The van der Waals surface area contributed by atoms with E-state index in [1.165, 1.54) is 57.8 Å². The van der Waals surface area contributed by atoms with E-state index in [9.17, 15) is 5.11 Å². The fourth-order valence-corrected chi connectivity index (χ4v) is 8.67. The summed E-state index contributed by atoms with van der Waals surface area (Å²) in [6.07, 6.45) is 17.2. The van der Waals surface area contributed by atoms with Crippen molar-refractivity contribution in [2.75, 3.05) is 13.1 Å². The van der Waals surface area contributed by atoms with Gasteiger partial charge in [-0.1, -0.05) is 65.5 Å². The van der Waals surface area contributed by atoms with E-state index in [-0.39, 0.29) is 6.10 Å². The molecule has 1 unspecified atom stereocenters. The lowest BCUT2D eigenvalue weighted by Crippen LogP contribution is -2.50. The molecule has 0 aromatic carbocycles. The molecule has 0 radical (unpaired) electrons. The lowest BCUT2D eigenvalue weighted by molar-refractivity contribution is -0.0573. The minimum Gasteiger partial charge on any atom is -0.393 e. The summed E-state index contributed by atoms with van der Waals surface area (Å²) in [7, 11) is 0. The van der Waals surface area contributed by atoms with E-state index in [2.05, 4.69) is 40.7 Å². The van der Waals surface area contributed by atoms with Crippen LogP contribution in [0.4, 0.5) is 0 Å². The summed E-state index contributed by atoms with van der Waals surface area (Å²) in [6, 6.07) is 0. The second kappa shape index (κ2) is 10.9. The van der Waals surface area contributed by atoms with Crippen LogP contribution in [0.5, 0.6) is 0 Å². The van der Waals surface area contributed by atoms with Crippen LogP contribution in [0.1, 0.15) is 105 Å². The Kier molecular flexibility index (Phi) is 8.94. The SMILES string of the molecule is CC(C)CCC[C@@H](C)[C@H]1CC[C@H]2[C@@H]3CC=C4CC(O)CC[C@]4(C)[C@H]3CC[C@]12C.NCCN. The van der Waals surface area contributed by atoms with Gasteiger partial charge in [-0.2, -0.15) is 0 Å². The van der Waals surface area contributed by atoms with Gasteiger partial charge in [0.15, 0.2) is 0 Å². The summed E-state index contributed by atoms with van der Waals surface area (Å²) in [5.41, 5.74) is 12.4. The summed E-state index contributed by atoms with van der Waals surface area (Å²) < 4.78 is 0. The standard InChI is InChI=1S/C27H46O.C2H8N2/c1-18(2)7-6-8-19(3)23-11-12-24-22-10-9-20-17-21(28)13-15-26(20,4)25(22)14-16-27(23,24)5;3-1-2-4/h9,18-19,21-25,28H,6-8,10-17H2,1-5H3;1-4H2/t19-,21?,22+,23-,24+,25+,26+,27-;/m1./s1. The molecule has 8 atom stereocenters. The highest BCUT2D eigenvalue weighted by molar-refractivity contribution is 5.25. The zero-order valence-electron chi connectivity index (χ0n) is 21.9. The largest absolute Gasteiger partial charge is 0.393 e. The molecule has 0 amide bonds. The summed E-state index contributed by atoms with van der Waals surface area (Å²) in [6.45, 7) is 13.8. The van der Waals surface area contributed by atoms with Crippen LogP contribution in [-0.2, 0) is 0 Å². The van der Waals surface area contributed by atoms with Crippen LogP contribution in [0, 0.1) is 46.3 Å². The first-order valence-corrected chi connectivity index (χ1v) is 13.9. The Morgan fingerprint density at radius 3 is 2.34 bits per heavy atom. The third-order valence-electron chi connectivity index (χ3n) is 10.4. The van der Waals surface area contributed by atoms with Gasteiger partial charge >= 0.3 is 0 Å². The third-order valence-corrected chi connectivity index (χ3v) is 10.4. The van der Waals surface area contributed by atoms with Crippen molar-refractivity contribution in [1.29, 1.82) is 0 Å². The van der Waals surface area contributed by atoms with Crippen LogP contribution < -0.4 is 11.5 Å². The molecule has 3 fully saturated rings. The van der Waals surface area contributed by atoms with Gasteiger partial charge in [0.05, 0.1) is 6.10 Å². The number of nitrogens with two attached hydrogens (primary N) is 2. The molecule has 3 nitrogen and oxygen atoms in total. The predicted octanol–water partition coefficient (Wildman–Crippen LogP) is 6.29. The summed E-state index contributed by atoms with van der Waals surface area (Å²) in [4.78, 5) is 0. The van der Waals surface area contributed by atoms with Gasteiger partial charge in [0, 0.05) is 13.1 Å². The maximum absolute atomic E-state index is 10.2. The van der Waals surface area contributed by atoms with Crippen molar-refractivity contribution in [1.82, 2.24) is 0 Å². The van der Waals surface area contributed by atoms with Gasteiger partial charge in [0.25, 0.3) is 0 Å². The summed E-state index contributed by atoms with van der Waals surface area (Å²) >= 11 is 0. The van der Waals surface area contributed by atoms with Crippen molar-refractivity contribution in [3.8, 4) is 0 Å². The first kappa shape index (κ1) is 26.2. The minimum absolute atomic E-state index is 0.0766. The monoisotopic (exact) mass is 446 g/mol. The second-order valence-electron chi connectivity index (χ2n) is 12.8. The molecule has 0 aliphatic heterocycles. The molecule has 3 saturated carbocycles. The molecule has 0 aromatic heterocycles. The predicted molar refractivity (Wildman–Crippen MR) is 137 cm³/mol. The van der Waals surface area contributed by atoms with E-state index in [0.29, 0.717) is 23.9 Å². The van der Waals surface area contributed by atoms with Crippen LogP contribution in [0.25, 0.3) is 0 Å². The number of fused-ring (bicyclic) bond motifs is 5. The van der Waals surface area contributed by atoms with Crippen molar-refractivity contribution in [3.63, 3.8) is 0 Å². The molecule has 4 aliphatic rings. The first-order chi connectivity index (χ1) is 15.2. The summed E-state index contributed by atoms with van der Waals surface area (Å²) in [5.74, 6) is 5.46. The van der Waals surface area contributed by atoms with Gasteiger partial charge in [-0.25, -0.2) is 0 Å². The number of hydrogen-bond donors (Lipinski definition) is 3. The molecule has 0 aromatic rings. The Morgan fingerprint density at radius 2 is 1.69 bits per heavy atom. The normalized spacial score (nSPS) is 41.7. The molecule has 32 heavy (non-hydrogen) atoms. The van der Waals surface area contributed by atoms with Crippen LogP contribution >= 0.6 is 0 Å². The summed E-state index contributed by atoms with van der Waals surface area (Å²) in [5, 5.41) is 10.2. The molecule has 0 spiro atoms. The minimum atomic E-state index is -0.0766. The molecule has 3 heteroatoms. The van der Waals surface area contributed by atoms with E-state index < -0.39 is 0 Å². The van der Waals surface area contributed by atoms with Crippen molar-refractivity contribution < 1.29 is 5.11 Å². The number of hydrogen-bond acceptors (Lipinski definition) is 3.